The lowest BCUT2D eigenvalue weighted by atomic mass is 10.1. The largest absolute Gasteiger partial charge is 0.487 e. The molecule has 0 fully saturated rings. The third kappa shape index (κ3) is 3.67. The number of rotatable bonds is 6. The molecule has 1 N–H and O–H groups in total. The van der Waals surface area contributed by atoms with Gasteiger partial charge in [0.05, 0.1) is 29.6 Å². The van der Waals surface area contributed by atoms with Gasteiger partial charge in [-0.05, 0) is 13.0 Å². The van der Waals surface area contributed by atoms with Gasteiger partial charge in [-0.2, -0.15) is 5.26 Å². The maximum atomic E-state index is 11.9. The van der Waals surface area contributed by atoms with Gasteiger partial charge in [0.15, 0.2) is 0 Å². The summed E-state index contributed by atoms with van der Waals surface area (Å²) >= 11 is 0. The fourth-order valence-corrected chi connectivity index (χ4v) is 1.47. The quantitative estimate of drug-likeness (QED) is 0.477. The van der Waals surface area contributed by atoms with Gasteiger partial charge in [-0.15, -0.1) is 0 Å². The normalized spacial score (nSPS) is 9.47. The number of nitrogens with one attached hydrogen (secondary N) is 1. The second kappa shape index (κ2) is 6.96. The summed E-state index contributed by atoms with van der Waals surface area (Å²) in [5.74, 6) is -0.549. The van der Waals surface area contributed by atoms with Crippen molar-refractivity contribution in [3.8, 4) is 11.8 Å². The van der Waals surface area contributed by atoms with Crippen LogP contribution in [0.15, 0.2) is 18.2 Å². The van der Waals surface area contributed by atoms with Crippen LogP contribution in [0.2, 0.25) is 0 Å². The number of benzene rings is 1. The highest BCUT2D eigenvalue weighted by Gasteiger charge is 2.22. The molecule has 0 radical (unpaired) electrons. The minimum Gasteiger partial charge on any atom is -0.487 e. The first kappa shape index (κ1) is 14.4. The van der Waals surface area contributed by atoms with Crippen molar-refractivity contribution in [2.75, 3.05) is 13.2 Å². The molecule has 0 aliphatic heterocycles. The maximum Gasteiger partial charge on any atom is 0.311 e. The number of ether oxygens (including phenoxy) is 1. The molecule has 0 saturated carbocycles. The molecule has 1 aromatic carbocycles. The van der Waals surface area contributed by atoms with Crippen LogP contribution in [0.4, 0.5) is 5.69 Å². The third-order valence-electron chi connectivity index (χ3n) is 2.25. The number of amides is 1. The highest BCUT2D eigenvalue weighted by atomic mass is 16.6. The third-order valence-corrected chi connectivity index (χ3v) is 2.25. The van der Waals surface area contributed by atoms with Crippen molar-refractivity contribution >= 4 is 11.6 Å². The molecule has 0 aliphatic carbocycles. The first-order chi connectivity index (χ1) is 9.11. The molecule has 0 spiro atoms. The number of nitro groups is 1. The molecule has 7 heteroatoms. The van der Waals surface area contributed by atoms with Crippen molar-refractivity contribution in [1.82, 2.24) is 5.32 Å². The highest BCUT2D eigenvalue weighted by Crippen LogP contribution is 2.30. The molecule has 1 aromatic rings. The van der Waals surface area contributed by atoms with E-state index >= 15 is 0 Å². The summed E-state index contributed by atoms with van der Waals surface area (Å²) < 4.78 is 5.19. The summed E-state index contributed by atoms with van der Waals surface area (Å²) in [6.07, 6.45) is 0.171. The summed E-state index contributed by atoms with van der Waals surface area (Å²) in [6.45, 7) is 2.07. The minimum atomic E-state index is -0.600. The van der Waals surface area contributed by atoms with Crippen LogP contribution < -0.4 is 10.1 Å². The first-order valence-corrected chi connectivity index (χ1v) is 5.67. The number of hydrogen-bond donors (Lipinski definition) is 1. The fraction of sp³-hybridized carbons (Fsp3) is 0.333. The summed E-state index contributed by atoms with van der Waals surface area (Å²) in [6, 6.07) is 6.03. The first-order valence-electron chi connectivity index (χ1n) is 5.67. The van der Waals surface area contributed by atoms with E-state index in [0.29, 0.717) is 0 Å². The Morgan fingerprint density at radius 2 is 2.32 bits per heavy atom. The number of nitro benzene ring substituents is 1. The Labute approximate surface area is 109 Å². The van der Waals surface area contributed by atoms with Gasteiger partial charge < -0.3 is 10.1 Å². The van der Waals surface area contributed by atoms with Crippen LogP contribution in [0.1, 0.15) is 23.7 Å². The number of carbonyl (C=O) groups excluding carboxylic acids is 1. The number of para-hydroxylation sites is 1. The van der Waals surface area contributed by atoms with Gasteiger partial charge >= 0.3 is 5.69 Å². The van der Waals surface area contributed by atoms with E-state index < -0.39 is 10.8 Å². The lowest BCUT2D eigenvalue weighted by Gasteiger charge is -2.10. The lowest BCUT2D eigenvalue weighted by Crippen LogP contribution is -2.25. The van der Waals surface area contributed by atoms with Crippen LogP contribution in [-0.2, 0) is 0 Å². The molecule has 1 amide bonds. The number of hydrogen-bond acceptors (Lipinski definition) is 5. The molecule has 1 rings (SSSR count). The van der Waals surface area contributed by atoms with Crippen molar-refractivity contribution in [3.05, 3.63) is 33.9 Å². The van der Waals surface area contributed by atoms with E-state index in [1.807, 2.05) is 6.07 Å². The topological polar surface area (TPSA) is 105 Å². The zero-order valence-electron chi connectivity index (χ0n) is 10.4. The van der Waals surface area contributed by atoms with Crippen molar-refractivity contribution < 1.29 is 14.5 Å². The van der Waals surface area contributed by atoms with Gasteiger partial charge in [0, 0.05) is 12.6 Å². The predicted octanol–water partition coefficient (Wildman–Crippen LogP) is 1.64. The van der Waals surface area contributed by atoms with Gasteiger partial charge in [-0.3, -0.25) is 14.9 Å². The van der Waals surface area contributed by atoms with Gasteiger partial charge in [-0.25, -0.2) is 0 Å². The Kier molecular flexibility index (Phi) is 5.29. The van der Waals surface area contributed by atoms with E-state index in [4.69, 9.17) is 10.00 Å². The maximum absolute atomic E-state index is 11.9. The SMILES string of the molecule is CCOc1c(C(=O)NCCC#N)cccc1[N+](=O)[O-]. The average Bonchev–Trinajstić information content (AvgIpc) is 2.39. The smallest absolute Gasteiger partial charge is 0.311 e. The summed E-state index contributed by atoms with van der Waals surface area (Å²) in [5, 5.41) is 21.8. The van der Waals surface area contributed by atoms with Gasteiger partial charge in [0.1, 0.15) is 0 Å². The van der Waals surface area contributed by atoms with Crippen LogP contribution >= 0.6 is 0 Å². The van der Waals surface area contributed by atoms with Crippen molar-refractivity contribution in [2.45, 2.75) is 13.3 Å². The molecule has 0 atom stereocenters. The van der Waals surface area contributed by atoms with Crippen LogP contribution in [0.5, 0.6) is 5.75 Å². The molecule has 0 saturated heterocycles. The monoisotopic (exact) mass is 263 g/mol. The summed E-state index contributed by atoms with van der Waals surface area (Å²) in [5.41, 5.74) is -0.163. The molecular formula is C12H13N3O4. The second-order valence-corrected chi connectivity index (χ2v) is 3.51. The predicted molar refractivity (Wildman–Crippen MR) is 66.8 cm³/mol. The Hall–Kier alpha value is -2.62. The molecule has 7 nitrogen and oxygen atoms in total. The van der Waals surface area contributed by atoms with Crippen molar-refractivity contribution in [1.29, 1.82) is 5.26 Å². The molecule has 0 bridgehead atoms. The molecule has 0 unspecified atom stereocenters. The molecule has 0 heterocycles. The van der Waals surface area contributed by atoms with Crippen LogP contribution in [0.25, 0.3) is 0 Å². The highest BCUT2D eigenvalue weighted by molar-refractivity contribution is 5.98. The molecule has 0 aromatic heterocycles. The lowest BCUT2D eigenvalue weighted by molar-refractivity contribution is -0.385. The van der Waals surface area contributed by atoms with E-state index in [1.54, 1.807) is 6.92 Å². The second-order valence-electron chi connectivity index (χ2n) is 3.51. The van der Waals surface area contributed by atoms with Gasteiger partial charge in [0.2, 0.25) is 5.75 Å². The van der Waals surface area contributed by atoms with Crippen LogP contribution in [0, 0.1) is 21.4 Å². The van der Waals surface area contributed by atoms with E-state index in [9.17, 15) is 14.9 Å². The van der Waals surface area contributed by atoms with E-state index in [-0.39, 0.29) is 36.6 Å². The minimum absolute atomic E-state index is 0.0514. The molecule has 100 valence electrons. The average molecular weight is 263 g/mol. The van der Waals surface area contributed by atoms with Gasteiger partial charge in [-0.1, -0.05) is 6.07 Å². The number of nitrogens with zero attached hydrogens (tertiary/aromatic N) is 2. The molecule has 0 aliphatic rings. The standard InChI is InChI=1S/C12H13N3O4/c1-2-19-11-9(12(16)14-8-4-7-13)5-3-6-10(11)15(17)18/h3,5-6H,2,4,8H2,1H3,(H,14,16). The van der Waals surface area contributed by atoms with E-state index in [0.717, 1.165) is 0 Å². The molecular weight excluding hydrogens is 250 g/mol. The zero-order valence-corrected chi connectivity index (χ0v) is 10.4. The number of nitriles is 1. The number of carbonyl (C=O) groups is 1. The van der Waals surface area contributed by atoms with Crippen LogP contribution in [-0.4, -0.2) is 24.0 Å². The fourth-order valence-electron chi connectivity index (χ4n) is 1.47. The van der Waals surface area contributed by atoms with Crippen LogP contribution in [0.3, 0.4) is 0 Å². The zero-order chi connectivity index (χ0) is 14.3. The van der Waals surface area contributed by atoms with E-state index in [1.165, 1.54) is 18.2 Å². The Balaban J connectivity index is 3.05. The Bertz CT molecular complexity index is 522. The summed E-state index contributed by atoms with van der Waals surface area (Å²) in [4.78, 5) is 22.1. The van der Waals surface area contributed by atoms with Gasteiger partial charge in [0.25, 0.3) is 5.91 Å². The van der Waals surface area contributed by atoms with Crippen molar-refractivity contribution in [3.63, 3.8) is 0 Å². The summed E-state index contributed by atoms with van der Waals surface area (Å²) in [7, 11) is 0. The Morgan fingerprint density at radius 1 is 1.58 bits per heavy atom. The van der Waals surface area contributed by atoms with Crippen molar-refractivity contribution in [2.24, 2.45) is 0 Å². The Morgan fingerprint density at radius 3 is 2.89 bits per heavy atom. The molecule has 19 heavy (non-hydrogen) atoms. The van der Waals surface area contributed by atoms with E-state index in [2.05, 4.69) is 5.32 Å².